The third kappa shape index (κ3) is 3.38. The van der Waals surface area contributed by atoms with Gasteiger partial charge in [0, 0.05) is 33.1 Å². The molecule has 1 N–H and O–H groups in total. The zero-order valence-corrected chi connectivity index (χ0v) is 13.2. The van der Waals surface area contributed by atoms with E-state index in [9.17, 15) is 0 Å². The number of nitrogens with one attached hydrogen (secondary N) is 1. The van der Waals surface area contributed by atoms with Gasteiger partial charge < -0.3 is 5.32 Å². The summed E-state index contributed by atoms with van der Waals surface area (Å²) in [5, 5.41) is 5.77. The Labute approximate surface area is 123 Å². The lowest BCUT2D eigenvalue weighted by atomic mass is 10.0. The molecule has 0 spiro atoms. The van der Waals surface area contributed by atoms with Gasteiger partial charge in [0.1, 0.15) is 0 Å². The number of thioether (sulfide) groups is 2. The van der Waals surface area contributed by atoms with Crippen molar-refractivity contribution in [2.45, 2.75) is 30.4 Å². The van der Waals surface area contributed by atoms with Crippen LogP contribution in [-0.2, 0) is 0 Å². The molecule has 1 nitrogen and oxygen atoms in total. The third-order valence-electron chi connectivity index (χ3n) is 3.23. The average molecular weight is 302 g/mol. The van der Waals surface area contributed by atoms with Crippen LogP contribution in [0, 0.1) is 0 Å². The molecule has 1 aliphatic heterocycles. The molecule has 0 aromatic heterocycles. The smallest absolute Gasteiger partial charge is 0.0466 e. The van der Waals surface area contributed by atoms with Gasteiger partial charge in [0.2, 0.25) is 0 Å². The molecule has 1 aromatic carbocycles. The fourth-order valence-corrected chi connectivity index (χ4v) is 5.56. The molecule has 0 saturated carbocycles. The maximum absolute atomic E-state index is 6.37. The molecule has 1 saturated heterocycles. The quantitative estimate of drug-likeness (QED) is 0.894. The van der Waals surface area contributed by atoms with Crippen LogP contribution in [0.5, 0.6) is 0 Å². The van der Waals surface area contributed by atoms with Gasteiger partial charge in [-0.1, -0.05) is 43.6 Å². The van der Waals surface area contributed by atoms with Crippen LogP contribution in [0.25, 0.3) is 0 Å². The topological polar surface area (TPSA) is 12.0 Å². The first-order chi connectivity index (χ1) is 8.74. The van der Waals surface area contributed by atoms with E-state index in [0.29, 0.717) is 16.5 Å². The van der Waals surface area contributed by atoms with E-state index >= 15 is 0 Å². The summed E-state index contributed by atoms with van der Waals surface area (Å²) in [6.07, 6.45) is 0. The zero-order valence-electron chi connectivity index (χ0n) is 10.9. The van der Waals surface area contributed by atoms with Crippen LogP contribution in [-0.4, -0.2) is 28.6 Å². The summed E-state index contributed by atoms with van der Waals surface area (Å²) in [5.74, 6) is 2.51. The van der Waals surface area contributed by atoms with Gasteiger partial charge in [-0.3, -0.25) is 0 Å². The summed E-state index contributed by atoms with van der Waals surface area (Å²) in [5.41, 5.74) is 1.24. The maximum Gasteiger partial charge on any atom is 0.0466 e. The fraction of sp³-hybridized carbons (Fsp3) is 0.571. The largest absolute Gasteiger partial charge is 0.309 e. The minimum absolute atomic E-state index is 0.358. The molecule has 2 rings (SSSR count). The molecule has 100 valence electrons. The molecule has 4 heteroatoms. The van der Waals surface area contributed by atoms with Crippen molar-refractivity contribution in [3.63, 3.8) is 0 Å². The summed E-state index contributed by atoms with van der Waals surface area (Å²) in [7, 11) is 0. The summed E-state index contributed by atoms with van der Waals surface area (Å²) < 4.78 is 0. The van der Waals surface area contributed by atoms with Crippen LogP contribution in [0.3, 0.4) is 0 Å². The highest BCUT2D eigenvalue weighted by Gasteiger charge is 2.31. The Hall–Kier alpha value is 0.170. The first-order valence-corrected chi connectivity index (χ1v) is 8.92. The predicted molar refractivity (Wildman–Crippen MR) is 86.0 cm³/mol. The second kappa shape index (κ2) is 7.09. The molecule has 0 bridgehead atoms. The van der Waals surface area contributed by atoms with Crippen LogP contribution in [0.15, 0.2) is 24.3 Å². The Balaban J connectivity index is 2.24. The van der Waals surface area contributed by atoms with Gasteiger partial charge in [-0.2, -0.15) is 23.5 Å². The lowest BCUT2D eigenvalue weighted by molar-refractivity contribution is 0.526. The molecular formula is C14H20ClNS2. The number of benzene rings is 1. The molecule has 3 atom stereocenters. The van der Waals surface area contributed by atoms with Gasteiger partial charge in [0.05, 0.1) is 0 Å². The average Bonchev–Trinajstić information content (AvgIpc) is 2.38. The van der Waals surface area contributed by atoms with Crippen molar-refractivity contribution < 1.29 is 0 Å². The van der Waals surface area contributed by atoms with Crippen molar-refractivity contribution in [3.8, 4) is 0 Å². The van der Waals surface area contributed by atoms with Crippen LogP contribution >= 0.6 is 35.1 Å². The van der Waals surface area contributed by atoms with Crippen LogP contribution < -0.4 is 5.32 Å². The van der Waals surface area contributed by atoms with Gasteiger partial charge >= 0.3 is 0 Å². The first kappa shape index (κ1) is 14.6. The first-order valence-electron chi connectivity index (χ1n) is 6.45. The number of hydrogen-bond acceptors (Lipinski definition) is 3. The van der Waals surface area contributed by atoms with Crippen molar-refractivity contribution >= 4 is 35.1 Å². The van der Waals surface area contributed by atoms with Gasteiger partial charge in [-0.05, 0) is 18.2 Å². The van der Waals surface area contributed by atoms with Gasteiger partial charge in [-0.15, -0.1) is 0 Å². The van der Waals surface area contributed by atoms with E-state index in [0.717, 1.165) is 11.6 Å². The molecule has 1 heterocycles. The predicted octanol–water partition coefficient (Wildman–Crippen LogP) is 4.23. The Morgan fingerprint density at radius 1 is 1.33 bits per heavy atom. The summed E-state index contributed by atoms with van der Waals surface area (Å²) in [4.78, 5) is 0. The molecule has 1 fully saturated rings. The van der Waals surface area contributed by atoms with Crippen molar-refractivity contribution in [2.24, 2.45) is 0 Å². The third-order valence-corrected chi connectivity index (χ3v) is 6.77. The van der Waals surface area contributed by atoms with Gasteiger partial charge in [0.25, 0.3) is 0 Å². The van der Waals surface area contributed by atoms with E-state index in [1.165, 1.54) is 17.1 Å². The molecule has 0 radical (unpaired) electrons. The summed E-state index contributed by atoms with van der Waals surface area (Å²) in [6, 6.07) is 8.59. The van der Waals surface area contributed by atoms with E-state index in [4.69, 9.17) is 11.6 Å². The second-order valence-electron chi connectivity index (χ2n) is 4.47. The molecule has 1 aromatic rings. The van der Waals surface area contributed by atoms with E-state index < -0.39 is 0 Å². The maximum atomic E-state index is 6.37. The van der Waals surface area contributed by atoms with Crippen LogP contribution in [0.1, 0.15) is 25.5 Å². The molecule has 0 aliphatic carbocycles. The van der Waals surface area contributed by atoms with Crippen molar-refractivity contribution in [2.75, 3.05) is 18.1 Å². The van der Waals surface area contributed by atoms with Crippen molar-refractivity contribution in [3.05, 3.63) is 34.9 Å². The van der Waals surface area contributed by atoms with E-state index in [2.05, 4.69) is 54.8 Å². The van der Waals surface area contributed by atoms with Crippen molar-refractivity contribution in [1.82, 2.24) is 5.32 Å². The summed E-state index contributed by atoms with van der Waals surface area (Å²) >= 11 is 10.5. The molecule has 1 aliphatic rings. The van der Waals surface area contributed by atoms with Gasteiger partial charge in [-0.25, -0.2) is 0 Å². The Morgan fingerprint density at radius 3 is 2.72 bits per heavy atom. The molecular weight excluding hydrogens is 282 g/mol. The van der Waals surface area contributed by atoms with E-state index in [1.54, 1.807) is 0 Å². The SMILES string of the molecule is CCNC(c1ccccc1Cl)C1SCCSC1C. The number of halogens is 1. The molecule has 0 amide bonds. The van der Waals surface area contributed by atoms with E-state index in [1.807, 2.05) is 12.1 Å². The highest BCUT2D eigenvalue weighted by atomic mass is 35.5. The highest BCUT2D eigenvalue weighted by molar-refractivity contribution is 8.07. The molecule has 18 heavy (non-hydrogen) atoms. The summed E-state index contributed by atoms with van der Waals surface area (Å²) in [6.45, 7) is 5.47. The normalized spacial score (nSPS) is 25.9. The highest BCUT2D eigenvalue weighted by Crippen LogP contribution is 2.40. The Bertz CT molecular complexity index is 386. The second-order valence-corrected chi connectivity index (χ2v) is 7.65. The Morgan fingerprint density at radius 2 is 2.06 bits per heavy atom. The lowest BCUT2D eigenvalue weighted by Crippen LogP contribution is -2.37. The van der Waals surface area contributed by atoms with Gasteiger partial charge in [0.15, 0.2) is 0 Å². The van der Waals surface area contributed by atoms with E-state index in [-0.39, 0.29) is 0 Å². The molecule has 3 unspecified atom stereocenters. The monoisotopic (exact) mass is 301 g/mol. The minimum Gasteiger partial charge on any atom is -0.309 e. The standard InChI is InChI=1S/C14H20ClNS2/c1-3-16-13(11-6-4-5-7-12(11)15)14-10(2)17-8-9-18-14/h4-7,10,13-14,16H,3,8-9H2,1-2H3. The fourth-order valence-electron chi connectivity index (χ4n) is 2.37. The van der Waals surface area contributed by atoms with Crippen LogP contribution in [0.2, 0.25) is 5.02 Å². The van der Waals surface area contributed by atoms with Crippen molar-refractivity contribution in [1.29, 1.82) is 0 Å². The minimum atomic E-state index is 0.358. The number of rotatable bonds is 4. The van der Waals surface area contributed by atoms with Crippen LogP contribution in [0.4, 0.5) is 0 Å². The lowest BCUT2D eigenvalue weighted by Gasteiger charge is -2.35. The Kier molecular flexibility index (Phi) is 5.74. The number of hydrogen-bond donors (Lipinski definition) is 1. The zero-order chi connectivity index (χ0) is 13.0.